The molecule has 4 heteroatoms. The summed E-state index contributed by atoms with van der Waals surface area (Å²) in [5.74, 6) is 0.405. The fourth-order valence-corrected chi connectivity index (χ4v) is 1.83. The Kier molecular flexibility index (Phi) is 7.43. The van der Waals surface area contributed by atoms with Crippen LogP contribution in [0.2, 0.25) is 0 Å². The van der Waals surface area contributed by atoms with Crippen molar-refractivity contribution in [1.29, 1.82) is 0 Å². The molecule has 0 bridgehead atoms. The molecule has 1 aromatic carbocycles. The van der Waals surface area contributed by atoms with Gasteiger partial charge in [-0.2, -0.15) is 0 Å². The van der Waals surface area contributed by atoms with Crippen LogP contribution in [0.15, 0.2) is 30.3 Å². The summed E-state index contributed by atoms with van der Waals surface area (Å²) in [5.41, 5.74) is 0.857. The van der Waals surface area contributed by atoms with E-state index in [2.05, 4.69) is 18.7 Å². The van der Waals surface area contributed by atoms with Gasteiger partial charge >= 0.3 is 5.97 Å². The minimum Gasteiger partial charge on any atom is -0.496 e. The van der Waals surface area contributed by atoms with Gasteiger partial charge in [-0.15, -0.1) is 0 Å². The SMILES string of the molecule is CCN(CC)CCOC(=O)/C=C/c1ccccc1OC. The van der Waals surface area contributed by atoms with Crippen LogP contribution in [0, 0.1) is 0 Å². The molecule has 0 fully saturated rings. The molecule has 0 N–H and O–H groups in total. The number of carbonyl (C=O) groups excluding carboxylic acids is 1. The highest BCUT2D eigenvalue weighted by Crippen LogP contribution is 2.18. The van der Waals surface area contributed by atoms with E-state index in [9.17, 15) is 4.79 Å². The van der Waals surface area contributed by atoms with Gasteiger partial charge in [0, 0.05) is 18.2 Å². The van der Waals surface area contributed by atoms with Crippen LogP contribution in [-0.4, -0.2) is 44.2 Å². The minimum atomic E-state index is -0.330. The predicted molar refractivity (Wildman–Crippen MR) is 80.8 cm³/mol. The third-order valence-corrected chi connectivity index (χ3v) is 3.08. The molecule has 0 spiro atoms. The summed E-state index contributed by atoms with van der Waals surface area (Å²) in [6.45, 7) is 7.29. The Morgan fingerprint density at radius 2 is 1.95 bits per heavy atom. The van der Waals surface area contributed by atoms with Gasteiger partial charge in [0.05, 0.1) is 7.11 Å². The summed E-state index contributed by atoms with van der Waals surface area (Å²) < 4.78 is 10.4. The van der Waals surface area contributed by atoms with Gasteiger partial charge in [-0.1, -0.05) is 32.0 Å². The smallest absolute Gasteiger partial charge is 0.330 e. The summed E-state index contributed by atoms with van der Waals surface area (Å²) in [6.07, 6.45) is 3.14. The summed E-state index contributed by atoms with van der Waals surface area (Å²) in [4.78, 5) is 13.8. The molecule has 1 aromatic rings. The molecular weight excluding hydrogens is 254 g/mol. The van der Waals surface area contributed by atoms with Crippen LogP contribution < -0.4 is 4.74 Å². The second-order valence-electron chi connectivity index (χ2n) is 4.27. The molecule has 0 atom stereocenters. The Morgan fingerprint density at radius 1 is 1.25 bits per heavy atom. The number of para-hydroxylation sites is 1. The number of hydrogen-bond acceptors (Lipinski definition) is 4. The Balaban J connectivity index is 2.43. The van der Waals surface area contributed by atoms with Gasteiger partial charge in [-0.25, -0.2) is 4.79 Å². The summed E-state index contributed by atoms with van der Waals surface area (Å²) >= 11 is 0. The largest absolute Gasteiger partial charge is 0.496 e. The molecule has 0 aromatic heterocycles. The van der Waals surface area contributed by atoms with Crippen molar-refractivity contribution in [3.63, 3.8) is 0 Å². The Morgan fingerprint density at radius 3 is 2.60 bits per heavy atom. The molecule has 0 radical (unpaired) electrons. The first-order chi connectivity index (χ1) is 9.71. The maximum absolute atomic E-state index is 11.6. The molecule has 0 aliphatic rings. The van der Waals surface area contributed by atoms with Crippen molar-refractivity contribution in [3.05, 3.63) is 35.9 Å². The van der Waals surface area contributed by atoms with E-state index in [1.807, 2.05) is 24.3 Å². The van der Waals surface area contributed by atoms with Gasteiger partial charge in [0.15, 0.2) is 0 Å². The first-order valence-electron chi connectivity index (χ1n) is 6.91. The van der Waals surface area contributed by atoms with Crippen LogP contribution in [0.5, 0.6) is 5.75 Å². The van der Waals surface area contributed by atoms with E-state index in [0.717, 1.165) is 30.9 Å². The molecule has 0 aliphatic heterocycles. The van der Waals surface area contributed by atoms with E-state index in [1.165, 1.54) is 6.08 Å². The number of benzene rings is 1. The second-order valence-corrected chi connectivity index (χ2v) is 4.27. The van der Waals surface area contributed by atoms with Crippen molar-refractivity contribution in [1.82, 2.24) is 4.90 Å². The van der Waals surface area contributed by atoms with Crippen LogP contribution >= 0.6 is 0 Å². The molecule has 0 saturated heterocycles. The number of ether oxygens (including phenoxy) is 2. The minimum absolute atomic E-state index is 0.330. The molecule has 0 unspecified atom stereocenters. The van der Waals surface area contributed by atoms with E-state index >= 15 is 0 Å². The molecule has 0 heterocycles. The van der Waals surface area contributed by atoms with Gasteiger partial charge in [0.25, 0.3) is 0 Å². The fraction of sp³-hybridized carbons (Fsp3) is 0.438. The monoisotopic (exact) mass is 277 g/mol. The lowest BCUT2D eigenvalue weighted by atomic mass is 10.2. The summed E-state index contributed by atoms with van der Waals surface area (Å²) in [6, 6.07) is 7.52. The molecular formula is C16H23NO3. The molecule has 1 rings (SSSR count). The highest BCUT2D eigenvalue weighted by molar-refractivity contribution is 5.87. The van der Waals surface area contributed by atoms with Crippen molar-refractivity contribution < 1.29 is 14.3 Å². The van der Waals surface area contributed by atoms with E-state index in [4.69, 9.17) is 9.47 Å². The number of nitrogens with zero attached hydrogens (tertiary/aromatic N) is 1. The molecule has 4 nitrogen and oxygen atoms in total. The maximum Gasteiger partial charge on any atom is 0.330 e. The summed E-state index contributed by atoms with van der Waals surface area (Å²) in [5, 5.41) is 0. The van der Waals surface area contributed by atoms with E-state index in [0.29, 0.717) is 6.61 Å². The number of rotatable bonds is 8. The highest BCUT2D eigenvalue weighted by Gasteiger charge is 2.02. The standard InChI is InChI=1S/C16H23NO3/c1-4-17(5-2)12-13-20-16(18)11-10-14-8-6-7-9-15(14)19-3/h6-11H,4-5,12-13H2,1-3H3/b11-10+. The van der Waals surface area contributed by atoms with Crippen molar-refractivity contribution in [2.45, 2.75) is 13.8 Å². The molecule has 0 amide bonds. The third-order valence-electron chi connectivity index (χ3n) is 3.08. The van der Waals surface area contributed by atoms with Crippen LogP contribution in [0.3, 0.4) is 0 Å². The van der Waals surface area contributed by atoms with Crippen molar-refractivity contribution in [3.8, 4) is 5.75 Å². The number of hydrogen-bond donors (Lipinski definition) is 0. The van der Waals surface area contributed by atoms with Crippen LogP contribution in [0.4, 0.5) is 0 Å². The lowest BCUT2D eigenvalue weighted by Crippen LogP contribution is -2.27. The van der Waals surface area contributed by atoms with E-state index < -0.39 is 0 Å². The highest BCUT2D eigenvalue weighted by atomic mass is 16.5. The van der Waals surface area contributed by atoms with Gasteiger partial charge in [-0.05, 0) is 25.2 Å². The maximum atomic E-state index is 11.6. The zero-order valence-corrected chi connectivity index (χ0v) is 12.5. The second kappa shape index (κ2) is 9.15. The van der Waals surface area contributed by atoms with Gasteiger partial charge in [0.1, 0.15) is 12.4 Å². The number of likely N-dealkylation sites (N-methyl/N-ethyl adjacent to an activating group) is 1. The number of esters is 1. The van der Waals surface area contributed by atoms with Gasteiger partial charge in [0.2, 0.25) is 0 Å². The zero-order chi connectivity index (χ0) is 14.8. The average molecular weight is 277 g/mol. The van der Waals surface area contributed by atoms with Crippen LogP contribution in [0.1, 0.15) is 19.4 Å². The van der Waals surface area contributed by atoms with Crippen molar-refractivity contribution >= 4 is 12.0 Å². The first kappa shape index (κ1) is 16.2. The Hall–Kier alpha value is -1.81. The van der Waals surface area contributed by atoms with E-state index in [1.54, 1.807) is 13.2 Å². The van der Waals surface area contributed by atoms with Crippen LogP contribution in [0.25, 0.3) is 6.08 Å². The van der Waals surface area contributed by atoms with Gasteiger partial charge in [-0.3, -0.25) is 0 Å². The molecule has 0 aliphatic carbocycles. The lowest BCUT2D eigenvalue weighted by molar-refractivity contribution is -0.138. The van der Waals surface area contributed by atoms with Gasteiger partial charge < -0.3 is 14.4 Å². The first-order valence-corrected chi connectivity index (χ1v) is 6.91. The third kappa shape index (κ3) is 5.45. The summed E-state index contributed by atoms with van der Waals surface area (Å²) in [7, 11) is 1.61. The quantitative estimate of drug-likeness (QED) is 0.541. The van der Waals surface area contributed by atoms with Crippen molar-refractivity contribution in [2.75, 3.05) is 33.4 Å². The Bertz CT molecular complexity index is 439. The topological polar surface area (TPSA) is 38.8 Å². The number of carbonyl (C=O) groups is 1. The van der Waals surface area contributed by atoms with Crippen molar-refractivity contribution in [2.24, 2.45) is 0 Å². The normalized spacial score (nSPS) is 11.0. The average Bonchev–Trinajstić information content (AvgIpc) is 2.49. The molecule has 110 valence electrons. The molecule has 0 saturated carbocycles. The predicted octanol–water partition coefficient (Wildman–Crippen LogP) is 2.59. The fourth-order valence-electron chi connectivity index (χ4n) is 1.83. The molecule has 20 heavy (non-hydrogen) atoms. The van der Waals surface area contributed by atoms with Crippen LogP contribution in [-0.2, 0) is 9.53 Å². The zero-order valence-electron chi connectivity index (χ0n) is 12.5. The Labute approximate surface area is 121 Å². The number of methoxy groups -OCH3 is 1. The van der Waals surface area contributed by atoms with E-state index in [-0.39, 0.29) is 5.97 Å². The lowest BCUT2D eigenvalue weighted by Gasteiger charge is -2.17.